The van der Waals surface area contributed by atoms with E-state index in [4.69, 9.17) is 11.6 Å². The van der Waals surface area contributed by atoms with Crippen LogP contribution in [0.1, 0.15) is 50.0 Å². The molecule has 0 aliphatic rings. The molecule has 0 saturated carbocycles. The zero-order valence-electron chi connectivity index (χ0n) is 10.9. The van der Waals surface area contributed by atoms with Crippen LogP contribution in [0.4, 0.5) is 0 Å². The quantitative estimate of drug-likeness (QED) is 0.727. The number of alkyl halides is 1. The molecule has 2 nitrogen and oxygen atoms in total. The van der Waals surface area contributed by atoms with Crippen molar-refractivity contribution in [3.05, 3.63) is 29.6 Å². The summed E-state index contributed by atoms with van der Waals surface area (Å²) in [7, 11) is 0. The van der Waals surface area contributed by atoms with Gasteiger partial charge in [-0.3, -0.25) is 0 Å². The lowest BCUT2D eigenvalue weighted by molar-refractivity contribution is 0.521. The highest BCUT2D eigenvalue weighted by atomic mass is 35.5. The second kappa shape index (κ2) is 4.69. The van der Waals surface area contributed by atoms with Crippen LogP contribution in [0.5, 0.6) is 0 Å². The van der Waals surface area contributed by atoms with Crippen LogP contribution in [0.15, 0.2) is 18.2 Å². The van der Waals surface area contributed by atoms with Gasteiger partial charge in [0, 0.05) is 6.04 Å². The van der Waals surface area contributed by atoms with Crippen molar-refractivity contribution in [3.63, 3.8) is 0 Å². The molecule has 1 heterocycles. The summed E-state index contributed by atoms with van der Waals surface area (Å²) in [6.07, 6.45) is 1.08. The third-order valence-corrected chi connectivity index (χ3v) is 3.52. The third kappa shape index (κ3) is 2.06. The molecule has 2 rings (SSSR count). The first-order valence-electron chi connectivity index (χ1n) is 6.17. The number of aryl methyl sites for hydroxylation is 1. The first-order chi connectivity index (χ1) is 8.06. The van der Waals surface area contributed by atoms with E-state index in [0.29, 0.717) is 6.04 Å². The summed E-state index contributed by atoms with van der Waals surface area (Å²) in [6, 6.07) is 6.67. The number of benzene rings is 1. The summed E-state index contributed by atoms with van der Waals surface area (Å²) in [6.45, 7) is 8.52. The van der Waals surface area contributed by atoms with Crippen molar-refractivity contribution in [2.75, 3.05) is 0 Å². The average molecular weight is 251 g/mol. The standard InChI is InChI=1S/C14H19ClN2/c1-5-10(3)17-13-9(2)7-6-8-12(13)16-14(17)11(4)15/h6-8,10-11H,5H2,1-4H3. The molecular weight excluding hydrogens is 232 g/mol. The number of nitrogens with zero attached hydrogens (tertiary/aromatic N) is 2. The van der Waals surface area contributed by atoms with Crippen molar-refractivity contribution < 1.29 is 0 Å². The molecular formula is C14H19ClN2. The Kier molecular flexibility index (Phi) is 3.43. The minimum atomic E-state index is -0.0594. The van der Waals surface area contributed by atoms with E-state index < -0.39 is 0 Å². The third-order valence-electron chi connectivity index (χ3n) is 3.33. The average Bonchev–Trinajstić information content (AvgIpc) is 2.69. The van der Waals surface area contributed by atoms with Crippen molar-refractivity contribution in [2.24, 2.45) is 0 Å². The maximum absolute atomic E-state index is 6.25. The second-order valence-electron chi connectivity index (χ2n) is 4.66. The van der Waals surface area contributed by atoms with Crippen LogP contribution in [0.2, 0.25) is 0 Å². The smallest absolute Gasteiger partial charge is 0.127 e. The summed E-state index contributed by atoms with van der Waals surface area (Å²) in [5, 5.41) is -0.0594. The zero-order valence-corrected chi connectivity index (χ0v) is 11.6. The molecule has 0 bridgehead atoms. The Balaban J connectivity index is 2.78. The SMILES string of the molecule is CCC(C)n1c(C(C)Cl)nc2cccc(C)c21. The van der Waals surface area contributed by atoms with Gasteiger partial charge in [-0.1, -0.05) is 19.1 Å². The molecule has 92 valence electrons. The van der Waals surface area contributed by atoms with Crippen LogP contribution in [-0.4, -0.2) is 9.55 Å². The van der Waals surface area contributed by atoms with Gasteiger partial charge in [-0.25, -0.2) is 4.98 Å². The van der Waals surface area contributed by atoms with Crippen LogP contribution in [0, 0.1) is 6.92 Å². The van der Waals surface area contributed by atoms with Crippen LogP contribution in [0.3, 0.4) is 0 Å². The Morgan fingerprint density at radius 2 is 2.06 bits per heavy atom. The molecule has 0 radical (unpaired) electrons. The molecule has 0 amide bonds. The lowest BCUT2D eigenvalue weighted by Crippen LogP contribution is -2.09. The van der Waals surface area contributed by atoms with Crippen molar-refractivity contribution in [2.45, 2.75) is 45.5 Å². The number of para-hydroxylation sites is 1. The van der Waals surface area contributed by atoms with E-state index >= 15 is 0 Å². The number of aromatic nitrogens is 2. The van der Waals surface area contributed by atoms with Gasteiger partial charge in [-0.05, 0) is 38.8 Å². The lowest BCUT2D eigenvalue weighted by atomic mass is 10.1. The Morgan fingerprint density at radius 3 is 2.65 bits per heavy atom. The Labute approximate surface area is 108 Å². The number of imidazole rings is 1. The molecule has 2 atom stereocenters. The van der Waals surface area contributed by atoms with Gasteiger partial charge >= 0.3 is 0 Å². The summed E-state index contributed by atoms with van der Waals surface area (Å²) < 4.78 is 2.29. The summed E-state index contributed by atoms with van der Waals surface area (Å²) in [5.41, 5.74) is 3.54. The van der Waals surface area contributed by atoms with Crippen LogP contribution in [0.25, 0.3) is 11.0 Å². The van der Waals surface area contributed by atoms with Gasteiger partial charge < -0.3 is 4.57 Å². The van der Waals surface area contributed by atoms with Gasteiger partial charge in [-0.2, -0.15) is 0 Å². The van der Waals surface area contributed by atoms with Crippen molar-refractivity contribution in [1.29, 1.82) is 0 Å². The molecule has 0 spiro atoms. The highest BCUT2D eigenvalue weighted by Crippen LogP contribution is 2.30. The molecule has 0 fully saturated rings. The van der Waals surface area contributed by atoms with Gasteiger partial charge in [0.1, 0.15) is 5.82 Å². The van der Waals surface area contributed by atoms with Crippen LogP contribution >= 0.6 is 11.6 Å². The van der Waals surface area contributed by atoms with Crippen molar-refractivity contribution in [3.8, 4) is 0 Å². The summed E-state index contributed by atoms with van der Waals surface area (Å²) in [5.74, 6) is 0.977. The van der Waals surface area contributed by atoms with E-state index in [0.717, 1.165) is 17.8 Å². The molecule has 0 N–H and O–H groups in total. The first-order valence-corrected chi connectivity index (χ1v) is 6.61. The van der Waals surface area contributed by atoms with E-state index in [9.17, 15) is 0 Å². The minimum absolute atomic E-state index is 0.0594. The van der Waals surface area contributed by atoms with E-state index in [-0.39, 0.29) is 5.38 Å². The maximum Gasteiger partial charge on any atom is 0.127 e. The predicted molar refractivity (Wildman–Crippen MR) is 73.7 cm³/mol. The Morgan fingerprint density at radius 1 is 1.35 bits per heavy atom. The van der Waals surface area contributed by atoms with Crippen molar-refractivity contribution in [1.82, 2.24) is 9.55 Å². The molecule has 1 aromatic heterocycles. The largest absolute Gasteiger partial charge is 0.324 e. The minimum Gasteiger partial charge on any atom is -0.324 e. The molecule has 0 aliphatic carbocycles. The van der Waals surface area contributed by atoms with E-state index in [2.05, 4.69) is 42.5 Å². The van der Waals surface area contributed by atoms with Gasteiger partial charge in [0.2, 0.25) is 0 Å². The van der Waals surface area contributed by atoms with Gasteiger partial charge in [0.05, 0.1) is 16.4 Å². The number of halogens is 1. The molecule has 0 aliphatic heterocycles. The molecule has 3 heteroatoms. The Hall–Kier alpha value is -1.02. The zero-order chi connectivity index (χ0) is 12.6. The highest BCUT2D eigenvalue weighted by molar-refractivity contribution is 6.20. The van der Waals surface area contributed by atoms with Crippen LogP contribution in [-0.2, 0) is 0 Å². The van der Waals surface area contributed by atoms with E-state index in [1.54, 1.807) is 0 Å². The number of rotatable bonds is 3. The molecule has 2 aromatic rings. The maximum atomic E-state index is 6.25. The topological polar surface area (TPSA) is 17.8 Å². The van der Waals surface area contributed by atoms with Gasteiger partial charge in [0.15, 0.2) is 0 Å². The highest BCUT2D eigenvalue weighted by Gasteiger charge is 2.18. The van der Waals surface area contributed by atoms with Crippen molar-refractivity contribution >= 4 is 22.6 Å². The molecule has 2 unspecified atom stereocenters. The monoisotopic (exact) mass is 250 g/mol. The molecule has 0 saturated heterocycles. The summed E-state index contributed by atoms with van der Waals surface area (Å²) >= 11 is 6.25. The normalized spacial score (nSPS) is 15.1. The van der Waals surface area contributed by atoms with E-state index in [1.807, 2.05) is 13.0 Å². The fourth-order valence-electron chi connectivity index (χ4n) is 2.25. The van der Waals surface area contributed by atoms with Gasteiger partial charge in [-0.15, -0.1) is 11.6 Å². The predicted octanol–water partition coefficient (Wildman–Crippen LogP) is 4.62. The van der Waals surface area contributed by atoms with E-state index in [1.165, 1.54) is 11.1 Å². The lowest BCUT2D eigenvalue weighted by Gasteiger charge is -2.17. The number of fused-ring (bicyclic) bond motifs is 1. The Bertz CT molecular complexity index is 528. The summed E-state index contributed by atoms with van der Waals surface area (Å²) in [4.78, 5) is 4.67. The van der Waals surface area contributed by atoms with Crippen LogP contribution < -0.4 is 0 Å². The fourth-order valence-corrected chi connectivity index (χ4v) is 2.40. The first kappa shape index (κ1) is 12.4. The molecule has 1 aromatic carbocycles. The van der Waals surface area contributed by atoms with Gasteiger partial charge in [0.25, 0.3) is 0 Å². The molecule has 17 heavy (non-hydrogen) atoms. The number of hydrogen-bond donors (Lipinski definition) is 0. The fraction of sp³-hybridized carbons (Fsp3) is 0.500. The second-order valence-corrected chi connectivity index (χ2v) is 5.31. The number of hydrogen-bond acceptors (Lipinski definition) is 1.